The average Bonchev–Trinajstić information content (AvgIpc) is 2.95. The first-order valence-electron chi connectivity index (χ1n) is 5.74. The van der Waals surface area contributed by atoms with Crippen molar-refractivity contribution in [3.8, 4) is 0 Å². The van der Waals surface area contributed by atoms with Gasteiger partial charge in [0.25, 0.3) is 0 Å². The van der Waals surface area contributed by atoms with E-state index >= 15 is 0 Å². The molecule has 2 N–H and O–H groups in total. The molecule has 0 bridgehead atoms. The van der Waals surface area contributed by atoms with E-state index in [0.717, 1.165) is 0 Å². The van der Waals surface area contributed by atoms with Crippen molar-refractivity contribution >= 4 is 11.9 Å². The van der Waals surface area contributed by atoms with Gasteiger partial charge in [0.05, 0.1) is 6.20 Å². The van der Waals surface area contributed by atoms with Gasteiger partial charge >= 0.3 is 5.97 Å². The summed E-state index contributed by atoms with van der Waals surface area (Å²) in [5, 5.41) is 15.6. The van der Waals surface area contributed by atoms with Crippen LogP contribution in [0.3, 0.4) is 0 Å². The first-order chi connectivity index (χ1) is 8.58. The third-order valence-electron chi connectivity index (χ3n) is 2.97. The van der Waals surface area contributed by atoms with E-state index < -0.39 is 12.0 Å². The molecule has 0 aliphatic heterocycles. The molecule has 0 aromatic carbocycles. The highest BCUT2D eigenvalue weighted by Gasteiger charge is 2.27. The van der Waals surface area contributed by atoms with Gasteiger partial charge in [-0.15, -0.1) is 0 Å². The Kier molecular flexibility index (Phi) is 3.45. The Balaban J connectivity index is 2.07. The SMILES string of the molecule is Cn1cc(C(NC(=O)C2CC=CC2)C(=O)O)cn1. The molecule has 0 radical (unpaired) electrons. The Labute approximate surface area is 104 Å². The van der Waals surface area contributed by atoms with Crippen molar-refractivity contribution in [2.24, 2.45) is 13.0 Å². The molecule has 1 aromatic heterocycles. The minimum atomic E-state index is -1.08. The number of aliphatic carboxylic acids is 1. The molecule has 1 amide bonds. The van der Waals surface area contributed by atoms with Crippen molar-refractivity contribution in [2.75, 3.05) is 0 Å². The third-order valence-corrected chi connectivity index (χ3v) is 2.97. The minimum Gasteiger partial charge on any atom is -0.479 e. The molecule has 96 valence electrons. The van der Waals surface area contributed by atoms with Crippen LogP contribution in [0, 0.1) is 5.92 Å². The lowest BCUT2D eigenvalue weighted by atomic mass is 10.0. The lowest BCUT2D eigenvalue weighted by molar-refractivity contribution is -0.142. The Morgan fingerprint density at radius 2 is 2.17 bits per heavy atom. The zero-order valence-electron chi connectivity index (χ0n) is 10.0. The smallest absolute Gasteiger partial charge is 0.331 e. The van der Waals surface area contributed by atoms with Crippen LogP contribution in [0.25, 0.3) is 0 Å². The molecule has 1 aliphatic rings. The predicted molar refractivity (Wildman–Crippen MR) is 63.6 cm³/mol. The van der Waals surface area contributed by atoms with Crippen molar-refractivity contribution in [3.05, 3.63) is 30.1 Å². The minimum absolute atomic E-state index is 0.150. The molecular formula is C12H15N3O3. The largest absolute Gasteiger partial charge is 0.479 e. The highest BCUT2D eigenvalue weighted by molar-refractivity contribution is 5.86. The number of aryl methyl sites for hydroxylation is 1. The first kappa shape index (κ1) is 12.3. The summed E-state index contributed by atoms with van der Waals surface area (Å²) in [4.78, 5) is 23.1. The van der Waals surface area contributed by atoms with Gasteiger partial charge in [-0.1, -0.05) is 12.2 Å². The van der Waals surface area contributed by atoms with E-state index in [4.69, 9.17) is 5.11 Å². The van der Waals surface area contributed by atoms with Gasteiger partial charge < -0.3 is 10.4 Å². The third kappa shape index (κ3) is 2.58. The number of carbonyl (C=O) groups excluding carboxylic acids is 1. The Bertz CT molecular complexity index is 485. The van der Waals surface area contributed by atoms with Crippen molar-refractivity contribution in [1.82, 2.24) is 15.1 Å². The average molecular weight is 249 g/mol. The van der Waals surface area contributed by atoms with Crippen LogP contribution in [-0.4, -0.2) is 26.8 Å². The van der Waals surface area contributed by atoms with Gasteiger partial charge in [0, 0.05) is 24.7 Å². The van der Waals surface area contributed by atoms with Crippen molar-refractivity contribution in [3.63, 3.8) is 0 Å². The Hall–Kier alpha value is -2.11. The molecule has 0 spiro atoms. The fourth-order valence-corrected chi connectivity index (χ4v) is 1.97. The first-order valence-corrected chi connectivity index (χ1v) is 5.74. The van der Waals surface area contributed by atoms with Crippen molar-refractivity contribution in [2.45, 2.75) is 18.9 Å². The molecule has 6 nitrogen and oxygen atoms in total. The second kappa shape index (κ2) is 5.03. The van der Waals surface area contributed by atoms with Crippen LogP contribution in [0.4, 0.5) is 0 Å². The van der Waals surface area contributed by atoms with E-state index in [-0.39, 0.29) is 11.8 Å². The van der Waals surface area contributed by atoms with E-state index in [0.29, 0.717) is 18.4 Å². The van der Waals surface area contributed by atoms with Gasteiger partial charge in [-0.05, 0) is 12.8 Å². The normalized spacial score (nSPS) is 16.7. The summed E-state index contributed by atoms with van der Waals surface area (Å²) in [6.07, 6.45) is 8.25. The summed E-state index contributed by atoms with van der Waals surface area (Å²) in [6, 6.07) is -1.04. The van der Waals surface area contributed by atoms with Gasteiger partial charge in [-0.3, -0.25) is 9.48 Å². The Morgan fingerprint density at radius 1 is 1.50 bits per heavy atom. The molecule has 18 heavy (non-hydrogen) atoms. The van der Waals surface area contributed by atoms with E-state index in [9.17, 15) is 9.59 Å². The maximum absolute atomic E-state index is 11.9. The summed E-state index contributed by atoms with van der Waals surface area (Å²) < 4.78 is 1.51. The van der Waals surface area contributed by atoms with Gasteiger partial charge in [-0.2, -0.15) is 5.10 Å². The number of carbonyl (C=O) groups is 2. The molecule has 0 fully saturated rings. The molecule has 1 aromatic rings. The van der Waals surface area contributed by atoms with Crippen LogP contribution in [0.1, 0.15) is 24.4 Å². The summed E-state index contributed by atoms with van der Waals surface area (Å²) in [5.74, 6) is -1.46. The maximum Gasteiger partial charge on any atom is 0.331 e. The molecule has 1 heterocycles. The zero-order valence-corrected chi connectivity index (χ0v) is 10.0. The van der Waals surface area contributed by atoms with E-state index in [2.05, 4.69) is 10.4 Å². The molecule has 1 atom stereocenters. The number of hydrogen-bond acceptors (Lipinski definition) is 3. The van der Waals surface area contributed by atoms with Gasteiger partial charge in [0.2, 0.25) is 5.91 Å². The zero-order chi connectivity index (χ0) is 13.1. The van der Waals surface area contributed by atoms with Crippen LogP contribution >= 0.6 is 0 Å². The summed E-state index contributed by atoms with van der Waals surface area (Å²) in [5.41, 5.74) is 0.476. The highest BCUT2D eigenvalue weighted by Crippen LogP contribution is 2.20. The molecule has 1 unspecified atom stereocenters. The topological polar surface area (TPSA) is 84.2 Å². The summed E-state index contributed by atoms with van der Waals surface area (Å²) in [6.45, 7) is 0. The van der Waals surface area contributed by atoms with Crippen LogP contribution in [0.15, 0.2) is 24.5 Å². The number of amides is 1. The standard InChI is InChI=1S/C12H15N3O3/c1-15-7-9(6-13-15)10(12(17)18)14-11(16)8-4-2-3-5-8/h2-3,6-8,10H,4-5H2,1H3,(H,14,16)(H,17,18). The molecule has 0 saturated carbocycles. The number of nitrogens with one attached hydrogen (secondary N) is 1. The monoisotopic (exact) mass is 249 g/mol. The second-order valence-electron chi connectivity index (χ2n) is 4.37. The van der Waals surface area contributed by atoms with Gasteiger partial charge in [0.1, 0.15) is 0 Å². The van der Waals surface area contributed by atoms with E-state index in [1.807, 2.05) is 12.2 Å². The number of nitrogens with zero attached hydrogens (tertiary/aromatic N) is 2. The number of carboxylic acid groups (broad SMARTS) is 1. The number of hydrogen-bond donors (Lipinski definition) is 2. The molecule has 2 rings (SSSR count). The molecule has 1 aliphatic carbocycles. The van der Waals surface area contributed by atoms with Crippen LogP contribution in [0.2, 0.25) is 0 Å². The molecular weight excluding hydrogens is 234 g/mol. The fraction of sp³-hybridized carbons (Fsp3) is 0.417. The number of aromatic nitrogens is 2. The highest BCUT2D eigenvalue weighted by atomic mass is 16.4. The van der Waals surface area contributed by atoms with Crippen LogP contribution in [-0.2, 0) is 16.6 Å². The van der Waals surface area contributed by atoms with Crippen molar-refractivity contribution < 1.29 is 14.7 Å². The molecule has 0 saturated heterocycles. The second-order valence-corrected chi connectivity index (χ2v) is 4.37. The quantitative estimate of drug-likeness (QED) is 0.766. The number of carboxylic acids is 1. The van der Waals surface area contributed by atoms with E-state index in [1.165, 1.54) is 10.9 Å². The maximum atomic E-state index is 11.9. The molecule has 6 heteroatoms. The predicted octanol–water partition coefficient (Wildman–Crippen LogP) is 0.628. The lowest BCUT2D eigenvalue weighted by Gasteiger charge is -2.16. The van der Waals surface area contributed by atoms with Crippen LogP contribution in [0.5, 0.6) is 0 Å². The van der Waals surface area contributed by atoms with Gasteiger partial charge in [0.15, 0.2) is 6.04 Å². The number of allylic oxidation sites excluding steroid dienone is 2. The lowest BCUT2D eigenvalue weighted by Crippen LogP contribution is -2.37. The fourth-order valence-electron chi connectivity index (χ4n) is 1.97. The Morgan fingerprint density at radius 3 is 2.67 bits per heavy atom. The number of rotatable bonds is 4. The van der Waals surface area contributed by atoms with Crippen molar-refractivity contribution in [1.29, 1.82) is 0 Å². The van der Waals surface area contributed by atoms with E-state index in [1.54, 1.807) is 13.2 Å². The summed E-state index contributed by atoms with van der Waals surface area (Å²) in [7, 11) is 1.70. The van der Waals surface area contributed by atoms with Crippen LogP contribution < -0.4 is 5.32 Å². The summed E-state index contributed by atoms with van der Waals surface area (Å²) >= 11 is 0. The van der Waals surface area contributed by atoms with Gasteiger partial charge in [-0.25, -0.2) is 4.79 Å².